The molecule has 1 aliphatic rings. The van der Waals surface area contributed by atoms with Crippen molar-refractivity contribution >= 4 is 35.2 Å². The Labute approximate surface area is 226 Å². The number of Topliss-reactive ketones (excluding diaryl/α,β-unsaturated/α-hetero) is 2. The van der Waals surface area contributed by atoms with E-state index in [1.54, 1.807) is 54.6 Å². The van der Waals surface area contributed by atoms with Gasteiger partial charge >= 0.3 is 5.97 Å². The number of hydrogen-bond acceptors (Lipinski definition) is 7. The van der Waals surface area contributed by atoms with Gasteiger partial charge < -0.3 is 14.9 Å². The standard InChI is InChI=1S/C31H28N2O6/c1-38-31(37)27-20-26(33-39-27)23-14-16-25(17-15-23)30(36)29(35)24-12-9-22(10-13-24)11-18-28(34)32-19-5-8-21-6-3-2-4-7-21/h2-4,6-7,9-18,27H,5,8,19-20H2,1H3,(H,32,34). The smallest absolute Gasteiger partial charge is 0.350 e. The summed E-state index contributed by atoms with van der Waals surface area (Å²) in [6.45, 7) is 0.574. The highest BCUT2D eigenvalue weighted by atomic mass is 16.7. The van der Waals surface area contributed by atoms with Crippen molar-refractivity contribution in [3.8, 4) is 0 Å². The molecule has 8 nitrogen and oxygen atoms in total. The number of oxime groups is 1. The molecular weight excluding hydrogens is 496 g/mol. The molecule has 0 bridgehead atoms. The van der Waals surface area contributed by atoms with Crippen LogP contribution >= 0.6 is 0 Å². The molecule has 1 heterocycles. The molecule has 1 aliphatic heterocycles. The van der Waals surface area contributed by atoms with Crippen LogP contribution in [0.1, 0.15) is 50.2 Å². The molecule has 1 atom stereocenters. The Morgan fingerprint density at radius 2 is 1.56 bits per heavy atom. The van der Waals surface area contributed by atoms with E-state index in [9.17, 15) is 19.2 Å². The topological polar surface area (TPSA) is 111 Å². The van der Waals surface area contributed by atoms with Crippen LogP contribution in [-0.4, -0.2) is 48.9 Å². The van der Waals surface area contributed by atoms with Crippen LogP contribution < -0.4 is 5.32 Å². The minimum atomic E-state index is -0.787. The predicted molar refractivity (Wildman–Crippen MR) is 146 cm³/mol. The Morgan fingerprint density at radius 1 is 0.923 bits per heavy atom. The molecule has 3 aromatic carbocycles. The molecule has 39 heavy (non-hydrogen) atoms. The summed E-state index contributed by atoms with van der Waals surface area (Å²) in [5.74, 6) is -1.98. The normalized spacial score (nSPS) is 14.4. The molecule has 1 amide bonds. The Balaban J connectivity index is 1.26. The minimum Gasteiger partial charge on any atom is -0.466 e. The summed E-state index contributed by atoms with van der Waals surface area (Å²) in [5.41, 5.74) is 3.69. The van der Waals surface area contributed by atoms with Gasteiger partial charge in [-0.05, 0) is 35.6 Å². The molecule has 0 radical (unpaired) electrons. The summed E-state index contributed by atoms with van der Waals surface area (Å²) in [6.07, 6.45) is 4.31. The molecule has 198 valence electrons. The monoisotopic (exact) mass is 524 g/mol. The van der Waals surface area contributed by atoms with E-state index in [0.29, 0.717) is 17.8 Å². The zero-order valence-electron chi connectivity index (χ0n) is 21.5. The fraction of sp³-hybridized carbons (Fsp3) is 0.194. The Kier molecular flexibility index (Phi) is 9.13. The second-order valence-electron chi connectivity index (χ2n) is 8.93. The van der Waals surface area contributed by atoms with Crippen molar-refractivity contribution in [3.05, 3.63) is 113 Å². The molecule has 0 saturated carbocycles. The first-order chi connectivity index (χ1) is 18.9. The van der Waals surface area contributed by atoms with Crippen LogP contribution in [0.25, 0.3) is 6.08 Å². The maximum absolute atomic E-state index is 12.7. The lowest BCUT2D eigenvalue weighted by atomic mass is 9.98. The highest BCUT2D eigenvalue weighted by molar-refractivity contribution is 6.49. The molecule has 1 N–H and O–H groups in total. The largest absolute Gasteiger partial charge is 0.466 e. The first-order valence-corrected chi connectivity index (χ1v) is 12.5. The number of methoxy groups -OCH3 is 1. The van der Waals surface area contributed by atoms with Crippen LogP contribution in [0.15, 0.2) is 90.1 Å². The van der Waals surface area contributed by atoms with Crippen LogP contribution in [0.2, 0.25) is 0 Å². The quantitative estimate of drug-likeness (QED) is 0.132. The van der Waals surface area contributed by atoms with Gasteiger partial charge in [-0.15, -0.1) is 0 Å². The average Bonchev–Trinajstić information content (AvgIpc) is 3.48. The molecule has 1 unspecified atom stereocenters. The third-order valence-electron chi connectivity index (χ3n) is 6.20. The van der Waals surface area contributed by atoms with Crippen molar-refractivity contribution in [1.29, 1.82) is 0 Å². The molecule has 3 aromatic rings. The second kappa shape index (κ2) is 13.1. The SMILES string of the molecule is COC(=O)C1CC(c2ccc(C(=O)C(=O)c3ccc(C=CC(=O)NCCCc4ccccc4)cc3)cc2)=NO1. The number of ether oxygens (including phenoxy) is 1. The number of amides is 1. The zero-order valence-corrected chi connectivity index (χ0v) is 21.5. The van der Waals surface area contributed by atoms with E-state index in [2.05, 4.69) is 27.3 Å². The summed E-state index contributed by atoms with van der Waals surface area (Å²) in [5, 5.41) is 6.77. The number of hydrogen-bond donors (Lipinski definition) is 1. The molecule has 0 aromatic heterocycles. The first kappa shape index (κ1) is 27.2. The number of ketones is 2. The molecular formula is C31H28N2O6. The van der Waals surface area contributed by atoms with E-state index in [1.807, 2.05) is 18.2 Å². The van der Waals surface area contributed by atoms with Crippen molar-refractivity contribution in [2.75, 3.05) is 13.7 Å². The predicted octanol–water partition coefficient (Wildman–Crippen LogP) is 4.18. The summed E-state index contributed by atoms with van der Waals surface area (Å²) in [4.78, 5) is 54.2. The minimum absolute atomic E-state index is 0.196. The Bertz CT molecular complexity index is 1390. The van der Waals surface area contributed by atoms with Crippen LogP contribution in [0.3, 0.4) is 0 Å². The number of aryl methyl sites for hydroxylation is 1. The third-order valence-corrected chi connectivity index (χ3v) is 6.20. The average molecular weight is 525 g/mol. The van der Waals surface area contributed by atoms with Crippen LogP contribution in [0.4, 0.5) is 0 Å². The lowest BCUT2D eigenvalue weighted by molar-refractivity contribution is -0.152. The van der Waals surface area contributed by atoms with Gasteiger partial charge in [-0.2, -0.15) is 0 Å². The number of esters is 1. The van der Waals surface area contributed by atoms with Crippen LogP contribution in [0, 0.1) is 0 Å². The number of carbonyl (C=O) groups excluding carboxylic acids is 4. The molecule has 0 aliphatic carbocycles. The van der Waals surface area contributed by atoms with Gasteiger partial charge in [0.2, 0.25) is 23.6 Å². The van der Waals surface area contributed by atoms with Crippen molar-refractivity contribution in [2.45, 2.75) is 25.4 Å². The molecule has 0 saturated heterocycles. The summed E-state index contributed by atoms with van der Waals surface area (Å²) in [7, 11) is 1.28. The number of nitrogens with zero attached hydrogens (tertiary/aromatic N) is 1. The summed E-state index contributed by atoms with van der Waals surface area (Å²) < 4.78 is 4.66. The third kappa shape index (κ3) is 7.35. The fourth-order valence-corrected chi connectivity index (χ4v) is 4.01. The van der Waals surface area contributed by atoms with Crippen LogP contribution in [-0.2, 0) is 25.6 Å². The maximum Gasteiger partial charge on any atom is 0.350 e. The van der Waals surface area contributed by atoms with Gasteiger partial charge in [-0.1, -0.05) is 84.0 Å². The van der Waals surface area contributed by atoms with Gasteiger partial charge in [0.1, 0.15) is 0 Å². The fourth-order valence-electron chi connectivity index (χ4n) is 4.01. The highest BCUT2D eigenvalue weighted by Crippen LogP contribution is 2.19. The van der Waals surface area contributed by atoms with Gasteiger partial charge in [0.15, 0.2) is 0 Å². The maximum atomic E-state index is 12.7. The summed E-state index contributed by atoms with van der Waals surface area (Å²) in [6, 6.07) is 23.0. The second-order valence-corrected chi connectivity index (χ2v) is 8.93. The van der Waals surface area contributed by atoms with Gasteiger partial charge in [-0.25, -0.2) is 4.79 Å². The van der Waals surface area contributed by atoms with Crippen LogP contribution in [0.5, 0.6) is 0 Å². The summed E-state index contributed by atoms with van der Waals surface area (Å²) >= 11 is 0. The van der Waals surface area contributed by atoms with Gasteiger partial charge in [-0.3, -0.25) is 14.4 Å². The Morgan fingerprint density at radius 3 is 2.21 bits per heavy atom. The Hall–Kier alpha value is -4.85. The number of nitrogens with one attached hydrogen (secondary N) is 1. The first-order valence-electron chi connectivity index (χ1n) is 12.5. The van der Waals surface area contributed by atoms with Gasteiger partial charge in [0.25, 0.3) is 0 Å². The molecule has 8 heteroatoms. The van der Waals surface area contributed by atoms with E-state index in [1.165, 1.54) is 18.7 Å². The van der Waals surface area contributed by atoms with E-state index in [0.717, 1.165) is 18.4 Å². The highest BCUT2D eigenvalue weighted by Gasteiger charge is 2.29. The molecule has 0 spiro atoms. The van der Waals surface area contributed by atoms with Crippen molar-refractivity contribution in [1.82, 2.24) is 5.32 Å². The zero-order chi connectivity index (χ0) is 27.6. The lowest BCUT2D eigenvalue weighted by Crippen LogP contribution is -2.22. The van der Waals surface area contributed by atoms with E-state index < -0.39 is 23.6 Å². The van der Waals surface area contributed by atoms with E-state index in [-0.39, 0.29) is 23.5 Å². The van der Waals surface area contributed by atoms with E-state index in [4.69, 9.17) is 4.84 Å². The van der Waals surface area contributed by atoms with E-state index >= 15 is 0 Å². The number of rotatable bonds is 11. The van der Waals surface area contributed by atoms with Gasteiger partial charge in [0.05, 0.1) is 12.8 Å². The lowest BCUT2D eigenvalue weighted by Gasteiger charge is -2.05. The van der Waals surface area contributed by atoms with Crippen molar-refractivity contribution in [3.63, 3.8) is 0 Å². The molecule has 4 rings (SSSR count). The van der Waals surface area contributed by atoms with Gasteiger partial charge in [0, 0.05) is 30.2 Å². The number of benzene rings is 3. The molecule has 0 fully saturated rings. The van der Waals surface area contributed by atoms with Crippen molar-refractivity contribution in [2.24, 2.45) is 5.16 Å². The van der Waals surface area contributed by atoms with Crippen molar-refractivity contribution < 1.29 is 28.8 Å². The number of carbonyl (C=O) groups is 4.